The molecule has 0 bridgehead atoms. The van der Waals surface area contributed by atoms with Crippen LogP contribution < -0.4 is 5.73 Å². The first-order valence-electron chi connectivity index (χ1n) is 6.74. The number of nitrogens with zero attached hydrogens (tertiary/aromatic N) is 2. The Kier molecular flexibility index (Phi) is 3.92. The molecule has 0 saturated heterocycles. The number of nitrogens with two attached hydrogens (primary N) is 1. The molecule has 124 valence electrons. The second kappa shape index (κ2) is 5.79. The Morgan fingerprint density at radius 2 is 2.04 bits per heavy atom. The zero-order valence-corrected chi connectivity index (χ0v) is 12.7. The number of alkyl halides is 3. The number of aromatic nitrogens is 3. The highest BCUT2D eigenvalue weighted by Crippen LogP contribution is 2.31. The van der Waals surface area contributed by atoms with Crippen molar-refractivity contribution in [1.29, 1.82) is 0 Å². The highest BCUT2D eigenvalue weighted by molar-refractivity contribution is 6.31. The fraction of sp³-hybridized carbons (Fsp3) is 0.133. The second-order valence-corrected chi connectivity index (χ2v) is 5.54. The van der Waals surface area contributed by atoms with E-state index in [4.69, 9.17) is 17.3 Å². The summed E-state index contributed by atoms with van der Waals surface area (Å²) in [6, 6.07) is 5.84. The average molecular weight is 355 g/mol. The normalized spacial score (nSPS) is 11.8. The Bertz CT molecular complexity index is 936. The van der Waals surface area contributed by atoms with Gasteiger partial charge in [0.1, 0.15) is 5.69 Å². The second-order valence-electron chi connectivity index (χ2n) is 5.13. The van der Waals surface area contributed by atoms with Crippen LogP contribution in [0.1, 0.15) is 27.6 Å². The first-order chi connectivity index (χ1) is 11.2. The number of amides is 1. The standard InChI is InChI=1S/C15H10ClF3N4O/c16-9-6-21-14(13(20)24)23-11(9)4-7-1-2-10-8(3-7)5-12(22-10)15(17,18)19/h1-3,5-6,22H,4H2,(H2,20,24). The summed E-state index contributed by atoms with van der Waals surface area (Å²) in [6.45, 7) is 0. The van der Waals surface area contributed by atoms with E-state index in [1.807, 2.05) is 0 Å². The third kappa shape index (κ3) is 3.18. The summed E-state index contributed by atoms with van der Waals surface area (Å²) >= 11 is 6.00. The van der Waals surface area contributed by atoms with E-state index in [9.17, 15) is 18.0 Å². The molecular formula is C15H10ClF3N4O. The van der Waals surface area contributed by atoms with Gasteiger partial charge >= 0.3 is 6.18 Å². The van der Waals surface area contributed by atoms with Crippen LogP contribution in [0.25, 0.3) is 10.9 Å². The third-order valence-corrected chi connectivity index (χ3v) is 3.71. The zero-order valence-electron chi connectivity index (χ0n) is 12.0. The first kappa shape index (κ1) is 16.3. The van der Waals surface area contributed by atoms with Gasteiger partial charge in [-0.1, -0.05) is 17.7 Å². The molecule has 9 heteroatoms. The van der Waals surface area contributed by atoms with Crippen LogP contribution in [0.4, 0.5) is 13.2 Å². The Morgan fingerprint density at radius 3 is 2.71 bits per heavy atom. The predicted molar refractivity (Wildman–Crippen MR) is 81.7 cm³/mol. The number of hydrogen-bond donors (Lipinski definition) is 2. The lowest BCUT2D eigenvalue weighted by atomic mass is 10.1. The number of primary amides is 1. The van der Waals surface area contributed by atoms with Gasteiger partial charge in [-0.3, -0.25) is 4.79 Å². The van der Waals surface area contributed by atoms with Crippen molar-refractivity contribution >= 4 is 28.4 Å². The zero-order chi connectivity index (χ0) is 17.5. The Balaban J connectivity index is 1.96. The summed E-state index contributed by atoms with van der Waals surface area (Å²) in [5.74, 6) is -0.958. The van der Waals surface area contributed by atoms with Gasteiger partial charge in [0, 0.05) is 17.3 Å². The average Bonchev–Trinajstić information content (AvgIpc) is 2.92. The lowest BCUT2D eigenvalue weighted by Crippen LogP contribution is -2.16. The van der Waals surface area contributed by atoms with E-state index >= 15 is 0 Å². The number of nitrogens with one attached hydrogen (secondary N) is 1. The SMILES string of the molecule is NC(=O)c1ncc(Cl)c(Cc2ccc3[nH]c(C(F)(F)F)cc3c2)n1. The van der Waals surface area contributed by atoms with E-state index in [-0.39, 0.29) is 17.3 Å². The van der Waals surface area contributed by atoms with E-state index in [1.165, 1.54) is 6.20 Å². The number of hydrogen-bond acceptors (Lipinski definition) is 3. The van der Waals surface area contributed by atoms with E-state index in [0.29, 0.717) is 22.2 Å². The molecule has 0 aliphatic heterocycles. The first-order valence-corrected chi connectivity index (χ1v) is 7.12. The molecule has 3 rings (SSSR count). The Labute approximate surface area is 138 Å². The van der Waals surface area contributed by atoms with Crippen molar-refractivity contribution in [3.8, 4) is 0 Å². The number of H-pyrrole nitrogens is 1. The topological polar surface area (TPSA) is 84.7 Å². The van der Waals surface area contributed by atoms with Crippen molar-refractivity contribution in [1.82, 2.24) is 15.0 Å². The van der Waals surface area contributed by atoms with Gasteiger partial charge in [0.25, 0.3) is 5.91 Å². The number of halogens is 4. The Morgan fingerprint density at radius 1 is 1.29 bits per heavy atom. The molecule has 1 amide bonds. The summed E-state index contributed by atoms with van der Waals surface area (Å²) in [5, 5.41) is 0.658. The molecule has 1 aromatic carbocycles. The molecular weight excluding hydrogens is 345 g/mol. The minimum Gasteiger partial charge on any atom is -0.363 e. The van der Waals surface area contributed by atoms with Gasteiger partial charge in [0.05, 0.1) is 16.9 Å². The van der Waals surface area contributed by atoms with Crippen molar-refractivity contribution in [2.45, 2.75) is 12.6 Å². The van der Waals surface area contributed by atoms with Crippen molar-refractivity contribution in [3.63, 3.8) is 0 Å². The van der Waals surface area contributed by atoms with Crippen LogP contribution in [0, 0.1) is 0 Å². The van der Waals surface area contributed by atoms with Crippen LogP contribution >= 0.6 is 11.6 Å². The van der Waals surface area contributed by atoms with E-state index < -0.39 is 17.8 Å². The minimum absolute atomic E-state index is 0.170. The summed E-state index contributed by atoms with van der Waals surface area (Å²) in [7, 11) is 0. The molecule has 2 aromatic heterocycles. The molecule has 0 atom stereocenters. The monoisotopic (exact) mass is 354 g/mol. The number of benzene rings is 1. The largest absolute Gasteiger partial charge is 0.431 e. The molecule has 0 unspecified atom stereocenters. The maximum atomic E-state index is 12.7. The molecule has 0 saturated carbocycles. The maximum absolute atomic E-state index is 12.7. The molecule has 0 radical (unpaired) electrons. The van der Waals surface area contributed by atoms with Gasteiger partial charge in [-0.2, -0.15) is 13.2 Å². The van der Waals surface area contributed by atoms with Gasteiger partial charge in [-0.15, -0.1) is 0 Å². The van der Waals surface area contributed by atoms with Gasteiger partial charge in [-0.25, -0.2) is 9.97 Å². The van der Waals surface area contributed by atoms with Gasteiger partial charge < -0.3 is 10.7 Å². The quantitative estimate of drug-likeness (QED) is 0.756. The van der Waals surface area contributed by atoms with Crippen molar-refractivity contribution < 1.29 is 18.0 Å². The smallest absolute Gasteiger partial charge is 0.363 e. The molecule has 2 heterocycles. The predicted octanol–water partition coefficient (Wildman–Crippen LogP) is 3.32. The van der Waals surface area contributed by atoms with Crippen molar-refractivity contribution in [2.75, 3.05) is 0 Å². The van der Waals surface area contributed by atoms with Crippen LogP contribution in [0.3, 0.4) is 0 Å². The number of aromatic amines is 1. The number of fused-ring (bicyclic) bond motifs is 1. The summed E-state index contributed by atoms with van der Waals surface area (Å²) < 4.78 is 38.2. The molecule has 0 aliphatic rings. The minimum atomic E-state index is -4.44. The summed E-state index contributed by atoms with van der Waals surface area (Å²) in [4.78, 5) is 21.2. The number of carbonyl (C=O) groups is 1. The molecule has 3 aromatic rings. The Hall–Kier alpha value is -2.61. The van der Waals surface area contributed by atoms with Crippen LogP contribution in [0.5, 0.6) is 0 Å². The fourth-order valence-corrected chi connectivity index (χ4v) is 2.44. The van der Waals surface area contributed by atoms with Crippen molar-refractivity contribution in [3.05, 3.63) is 58.3 Å². The molecule has 24 heavy (non-hydrogen) atoms. The maximum Gasteiger partial charge on any atom is 0.431 e. The summed E-state index contributed by atoms with van der Waals surface area (Å²) in [5.41, 5.74) is 5.74. The van der Waals surface area contributed by atoms with Gasteiger partial charge in [0.2, 0.25) is 5.82 Å². The number of rotatable bonds is 3. The van der Waals surface area contributed by atoms with E-state index in [1.54, 1.807) is 18.2 Å². The molecule has 0 spiro atoms. The van der Waals surface area contributed by atoms with Crippen molar-refractivity contribution in [2.24, 2.45) is 5.73 Å². The van der Waals surface area contributed by atoms with Crippen LogP contribution in [0.2, 0.25) is 5.02 Å². The van der Waals surface area contributed by atoms with Gasteiger partial charge in [-0.05, 0) is 23.8 Å². The van der Waals surface area contributed by atoms with Crippen LogP contribution in [-0.2, 0) is 12.6 Å². The molecule has 0 fully saturated rings. The van der Waals surface area contributed by atoms with Crippen LogP contribution in [-0.4, -0.2) is 20.9 Å². The highest BCUT2D eigenvalue weighted by atomic mass is 35.5. The van der Waals surface area contributed by atoms with Crippen LogP contribution in [0.15, 0.2) is 30.5 Å². The summed E-state index contributed by atoms with van der Waals surface area (Å²) in [6.07, 6.45) is -2.95. The molecule has 5 nitrogen and oxygen atoms in total. The van der Waals surface area contributed by atoms with Gasteiger partial charge in [0.15, 0.2) is 0 Å². The molecule has 0 aliphatic carbocycles. The highest BCUT2D eigenvalue weighted by Gasteiger charge is 2.32. The third-order valence-electron chi connectivity index (χ3n) is 3.40. The number of carbonyl (C=O) groups excluding carboxylic acids is 1. The molecule has 3 N–H and O–H groups in total. The lowest BCUT2D eigenvalue weighted by Gasteiger charge is -2.05. The lowest BCUT2D eigenvalue weighted by molar-refractivity contribution is -0.140. The van der Waals surface area contributed by atoms with E-state index in [0.717, 1.165) is 6.07 Å². The van der Waals surface area contributed by atoms with E-state index in [2.05, 4.69) is 15.0 Å². The fourth-order valence-electron chi connectivity index (χ4n) is 2.28.